The van der Waals surface area contributed by atoms with Gasteiger partial charge in [0.15, 0.2) is 11.5 Å². The summed E-state index contributed by atoms with van der Waals surface area (Å²) in [6.45, 7) is 3.24. The van der Waals surface area contributed by atoms with Crippen molar-refractivity contribution in [2.45, 2.75) is 20.1 Å². The number of anilines is 1. The van der Waals surface area contributed by atoms with E-state index in [0.717, 1.165) is 15.6 Å². The maximum absolute atomic E-state index is 10.9. The van der Waals surface area contributed by atoms with Gasteiger partial charge in [0.2, 0.25) is 0 Å². The maximum atomic E-state index is 10.9. The van der Waals surface area contributed by atoms with Crippen molar-refractivity contribution in [3.05, 3.63) is 91.4 Å². The molecule has 0 bridgehead atoms. The molecule has 6 nitrogen and oxygen atoms in total. The number of nitrogens with one attached hydrogen (secondary N) is 1. The van der Waals surface area contributed by atoms with Crippen LogP contribution in [-0.4, -0.2) is 11.5 Å². The van der Waals surface area contributed by atoms with Gasteiger partial charge in [-0.1, -0.05) is 29.8 Å². The van der Waals surface area contributed by atoms with E-state index in [1.54, 1.807) is 12.1 Å². The summed E-state index contributed by atoms with van der Waals surface area (Å²) >= 11 is 9.50. The number of nitro benzene ring substituents is 1. The van der Waals surface area contributed by atoms with Crippen molar-refractivity contribution in [1.82, 2.24) is 0 Å². The van der Waals surface area contributed by atoms with Crippen LogP contribution in [0.2, 0.25) is 5.02 Å². The molecule has 0 fully saturated rings. The Kier molecular flexibility index (Phi) is 7.54. The average Bonchev–Trinajstić information content (AvgIpc) is 2.73. The molecule has 0 aliphatic rings. The van der Waals surface area contributed by atoms with Crippen LogP contribution in [0.15, 0.2) is 65.1 Å². The third-order valence-corrected chi connectivity index (χ3v) is 5.06. The van der Waals surface area contributed by atoms with E-state index in [9.17, 15) is 10.1 Å². The highest BCUT2D eigenvalue weighted by molar-refractivity contribution is 9.10. The van der Waals surface area contributed by atoms with Crippen molar-refractivity contribution in [1.29, 1.82) is 0 Å². The topological polar surface area (TPSA) is 73.6 Å². The summed E-state index contributed by atoms with van der Waals surface area (Å²) in [7, 11) is 0. The van der Waals surface area contributed by atoms with Crippen molar-refractivity contribution in [2.75, 3.05) is 11.9 Å². The first kappa shape index (κ1) is 21.9. The van der Waals surface area contributed by atoms with Gasteiger partial charge in [-0.05, 0) is 64.3 Å². The highest BCUT2D eigenvalue weighted by Crippen LogP contribution is 2.37. The Morgan fingerprint density at radius 3 is 2.53 bits per heavy atom. The van der Waals surface area contributed by atoms with Gasteiger partial charge in [-0.3, -0.25) is 10.1 Å². The van der Waals surface area contributed by atoms with Gasteiger partial charge in [0, 0.05) is 29.4 Å². The highest BCUT2D eigenvalue weighted by atomic mass is 79.9. The molecule has 8 heteroatoms. The molecule has 0 aromatic heterocycles. The van der Waals surface area contributed by atoms with Crippen molar-refractivity contribution >= 4 is 38.9 Å². The van der Waals surface area contributed by atoms with Crippen LogP contribution in [0.5, 0.6) is 11.5 Å². The molecule has 0 amide bonds. The monoisotopic (exact) mass is 490 g/mol. The van der Waals surface area contributed by atoms with Crippen LogP contribution in [0.25, 0.3) is 0 Å². The van der Waals surface area contributed by atoms with Crippen molar-refractivity contribution in [3.8, 4) is 11.5 Å². The van der Waals surface area contributed by atoms with E-state index in [-0.39, 0.29) is 5.69 Å². The number of benzene rings is 3. The lowest BCUT2D eigenvalue weighted by Crippen LogP contribution is -2.04. The molecule has 0 atom stereocenters. The first-order valence-electron chi connectivity index (χ1n) is 9.27. The average molecular weight is 492 g/mol. The molecule has 1 N–H and O–H groups in total. The minimum Gasteiger partial charge on any atom is -0.490 e. The smallest absolute Gasteiger partial charge is 0.271 e. The Bertz CT molecular complexity index is 1030. The van der Waals surface area contributed by atoms with Crippen LogP contribution in [0.4, 0.5) is 11.4 Å². The number of non-ortho nitro benzene ring substituents is 1. The minimum absolute atomic E-state index is 0.0436. The molecule has 0 saturated carbocycles. The molecule has 156 valence electrons. The zero-order valence-electron chi connectivity index (χ0n) is 16.2. The standard InChI is InChI=1S/C22H20BrClN2O4/c1-2-29-21-11-16(13-25-18-4-3-5-19(12-18)26(27)28)10-20(23)22(21)30-14-15-6-8-17(24)9-7-15/h3-12,25H,2,13-14H2,1H3. The van der Waals surface area contributed by atoms with E-state index in [0.29, 0.717) is 42.0 Å². The van der Waals surface area contributed by atoms with E-state index < -0.39 is 4.92 Å². The fraction of sp³-hybridized carbons (Fsp3) is 0.182. The molecule has 0 aliphatic heterocycles. The molecule has 0 unspecified atom stereocenters. The minimum atomic E-state index is -0.415. The molecule has 3 aromatic rings. The van der Waals surface area contributed by atoms with Gasteiger partial charge in [0.25, 0.3) is 5.69 Å². The van der Waals surface area contributed by atoms with Crippen molar-refractivity contribution < 1.29 is 14.4 Å². The predicted octanol–water partition coefficient (Wildman–Crippen LogP) is 6.60. The first-order chi connectivity index (χ1) is 14.5. The quantitative estimate of drug-likeness (QED) is 0.270. The van der Waals surface area contributed by atoms with Crippen LogP contribution in [0.3, 0.4) is 0 Å². The lowest BCUT2D eigenvalue weighted by Gasteiger charge is -2.16. The molecule has 0 spiro atoms. The normalized spacial score (nSPS) is 10.5. The maximum Gasteiger partial charge on any atom is 0.271 e. The summed E-state index contributed by atoms with van der Waals surface area (Å²) in [5.41, 5.74) is 2.64. The van der Waals surface area contributed by atoms with Gasteiger partial charge in [-0.15, -0.1) is 0 Å². The van der Waals surface area contributed by atoms with Crippen LogP contribution in [-0.2, 0) is 13.2 Å². The Labute approximate surface area is 188 Å². The highest BCUT2D eigenvalue weighted by Gasteiger charge is 2.13. The van der Waals surface area contributed by atoms with Gasteiger partial charge in [0.05, 0.1) is 16.0 Å². The second kappa shape index (κ2) is 10.3. The molecule has 0 aliphatic carbocycles. The Hall–Kier alpha value is -2.77. The lowest BCUT2D eigenvalue weighted by molar-refractivity contribution is -0.384. The summed E-state index contributed by atoms with van der Waals surface area (Å²) in [5.74, 6) is 1.24. The SMILES string of the molecule is CCOc1cc(CNc2cccc([N+](=O)[O-])c2)cc(Br)c1OCc1ccc(Cl)cc1. The van der Waals surface area contributed by atoms with Gasteiger partial charge in [0.1, 0.15) is 6.61 Å². The van der Waals surface area contributed by atoms with Gasteiger partial charge in [-0.2, -0.15) is 0 Å². The number of nitrogens with zero attached hydrogens (tertiary/aromatic N) is 1. The van der Waals surface area contributed by atoms with Crippen molar-refractivity contribution in [3.63, 3.8) is 0 Å². The molecular weight excluding hydrogens is 472 g/mol. The number of hydrogen-bond acceptors (Lipinski definition) is 5. The van der Waals surface area contributed by atoms with Gasteiger partial charge >= 0.3 is 0 Å². The molecule has 0 radical (unpaired) electrons. The number of nitro groups is 1. The largest absolute Gasteiger partial charge is 0.490 e. The Morgan fingerprint density at radius 1 is 1.07 bits per heavy atom. The Balaban J connectivity index is 1.74. The van der Waals surface area contributed by atoms with Crippen LogP contribution >= 0.6 is 27.5 Å². The summed E-state index contributed by atoms with van der Waals surface area (Å²) in [4.78, 5) is 10.5. The van der Waals surface area contributed by atoms with Gasteiger partial charge < -0.3 is 14.8 Å². The fourth-order valence-corrected chi connectivity index (χ4v) is 3.53. The summed E-state index contributed by atoms with van der Waals surface area (Å²) in [5, 5.41) is 14.8. The summed E-state index contributed by atoms with van der Waals surface area (Å²) in [6, 6.07) is 17.7. The zero-order chi connectivity index (χ0) is 21.5. The molecule has 0 heterocycles. The van der Waals surface area contributed by atoms with E-state index in [1.165, 1.54) is 12.1 Å². The van der Waals surface area contributed by atoms with Gasteiger partial charge in [-0.25, -0.2) is 0 Å². The zero-order valence-corrected chi connectivity index (χ0v) is 18.6. The summed E-state index contributed by atoms with van der Waals surface area (Å²) in [6.07, 6.45) is 0. The van der Waals surface area contributed by atoms with Crippen LogP contribution < -0.4 is 14.8 Å². The first-order valence-corrected chi connectivity index (χ1v) is 10.4. The fourth-order valence-electron chi connectivity index (χ4n) is 2.80. The number of ether oxygens (including phenoxy) is 2. The van der Waals surface area contributed by atoms with E-state index in [2.05, 4.69) is 21.2 Å². The summed E-state index contributed by atoms with van der Waals surface area (Å²) < 4.78 is 12.5. The number of hydrogen-bond donors (Lipinski definition) is 1. The van der Waals surface area contributed by atoms with E-state index in [4.69, 9.17) is 21.1 Å². The number of rotatable bonds is 9. The molecular formula is C22H20BrClN2O4. The Morgan fingerprint density at radius 2 is 1.83 bits per heavy atom. The molecule has 3 rings (SSSR count). The second-order valence-electron chi connectivity index (χ2n) is 6.41. The number of halogens is 2. The molecule has 3 aromatic carbocycles. The lowest BCUT2D eigenvalue weighted by atomic mass is 10.2. The van der Waals surface area contributed by atoms with E-state index >= 15 is 0 Å². The third kappa shape index (κ3) is 5.87. The van der Waals surface area contributed by atoms with E-state index in [1.807, 2.05) is 43.3 Å². The second-order valence-corrected chi connectivity index (χ2v) is 7.70. The molecule has 30 heavy (non-hydrogen) atoms. The molecule has 0 saturated heterocycles. The third-order valence-electron chi connectivity index (χ3n) is 4.22. The van der Waals surface area contributed by atoms with Crippen LogP contribution in [0.1, 0.15) is 18.1 Å². The van der Waals surface area contributed by atoms with Crippen molar-refractivity contribution in [2.24, 2.45) is 0 Å². The predicted molar refractivity (Wildman–Crippen MR) is 122 cm³/mol. The van der Waals surface area contributed by atoms with Crippen LogP contribution in [0, 0.1) is 10.1 Å².